The lowest BCUT2D eigenvalue weighted by Gasteiger charge is -2.15. The summed E-state index contributed by atoms with van der Waals surface area (Å²) >= 11 is 0. The maximum absolute atomic E-state index is 11.3. The Morgan fingerprint density at radius 1 is 1.32 bits per heavy atom. The van der Waals surface area contributed by atoms with E-state index >= 15 is 0 Å². The van der Waals surface area contributed by atoms with Crippen molar-refractivity contribution in [3.8, 4) is 0 Å². The molecule has 0 amide bonds. The van der Waals surface area contributed by atoms with Gasteiger partial charge in [0.15, 0.2) is 0 Å². The van der Waals surface area contributed by atoms with Gasteiger partial charge in [-0.1, -0.05) is 13.5 Å². The van der Waals surface area contributed by atoms with E-state index in [2.05, 4.69) is 6.58 Å². The summed E-state index contributed by atoms with van der Waals surface area (Å²) in [4.78, 5) is 11.3. The number of carbonyl (C=O) groups excluding carboxylic acids is 1. The lowest BCUT2D eigenvalue weighted by Crippen LogP contribution is -2.15. The molecule has 4 atom stereocenters. The Morgan fingerprint density at radius 2 is 2.11 bits per heavy atom. The Bertz CT molecular complexity index is 339. The van der Waals surface area contributed by atoms with Gasteiger partial charge in [0, 0.05) is 6.61 Å². The molecule has 2 rings (SSSR count). The second-order valence-corrected chi connectivity index (χ2v) is 5.75. The first-order valence-electron chi connectivity index (χ1n) is 7.24. The first kappa shape index (κ1) is 14.5. The van der Waals surface area contributed by atoms with Crippen LogP contribution in [0.1, 0.15) is 45.4 Å². The highest BCUT2D eigenvalue weighted by atomic mass is 16.6. The minimum absolute atomic E-state index is 0.0370. The highest BCUT2D eigenvalue weighted by molar-refractivity contribution is 5.74. The van der Waals surface area contributed by atoms with E-state index in [1.54, 1.807) is 0 Å². The average molecular weight is 268 g/mol. The number of hydrogen-bond acceptors (Lipinski definition) is 4. The van der Waals surface area contributed by atoms with Gasteiger partial charge in [-0.15, -0.1) is 0 Å². The number of aliphatic hydroxyl groups is 1. The van der Waals surface area contributed by atoms with E-state index in [0.29, 0.717) is 0 Å². The highest BCUT2D eigenvalue weighted by Crippen LogP contribution is 2.32. The fourth-order valence-electron chi connectivity index (χ4n) is 2.89. The molecule has 19 heavy (non-hydrogen) atoms. The highest BCUT2D eigenvalue weighted by Gasteiger charge is 2.33. The Balaban J connectivity index is 1.71. The van der Waals surface area contributed by atoms with Gasteiger partial charge in [-0.3, -0.25) is 4.79 Å². The third-order valence-electron chi connectivity index (χ3n) is 4.04. The molecule has 0 radical (unpaired) electrons. The monoisotopic (exact) mass is 268 g/mol. The molecule has 0 aromatic carbocycles. The van der Waals surface area contributed by atoms with Crippen LogP contribution in [0, 0.1) is 5.92 Å². The molecule has 0 aliphatic carbocycles. The van der Waals surface area contributed by atoms with E-state index in [9.17, 15) is 4.79 Å². The van der Waals surface area contributed by atoms with Crippen molar-refractivity contribution in [3.63, 3.8) is 0 Å². The van der Waals surface area contributed by atoms with Gasteiger partial charge in [0.05, 0.1) is 18.1 Å². The van der Waals surface area contributed by atoms with Gasteiger partial charge in [0.2, 0.25) is 0 Å². The zero-order valence-corrected chi connectivity index (χ0v) is 11.6. The second-order valence-electron chi connectivity index (χ2n) is 5.75. The smallest absolute Gasteiger partial charge is 0.309 e. The molecule has 108 valence electrons. The summed E-state index contributed by atoms with van der Waals surface area (Å²) in [7, 11) is 0. The average Bonchev–Trinajstić information content (AvgIpc) is 2.88. The van der Waals surface area contributed by atoms with Gasteiger partial charge in [-0.25, -0.2) is 0 Å². The number of esters is 1. The standard InChI is InChI=1S/C15H24O4/c1-10-8-12(4-3-7-16)18-14(10)6-5-13-9-11(2)15(17)19-13/h11-14,16H,1,3-9H2,2H3/t11-,12+,13-,14+/m1/s1. The van der Waals surface area contributed by atoms with Crippen molar-refractivity contribution in [2.75, 3.05) is 6.61 Å². The molecule has 0 bridgehead atoms. The van der Waals surface area contributed by atoms with E-state index in [0.717, 1.165) is 44.1 Å². The topological polar surface area (TPSA) is 55.8 Å². The molecule has 4 heteroatoms. The summed E-state index contributed by atoms with van der Waals surface area (Å²) < 4.78 is 11.2. The van der Waals surface area contributed by atoms with Crippen LogP contribution in [0.4, 0.5) is 0 Å². The van der Waals surface area contributed by atoms with Crippen LogP contribution >= 0.6 is 0 Å². The zero-order valence-electron chi connectivity index (χ0n) is 11.6. The van der Waals surface area contributed by atoms with Crippen molar-refractivity contribution in [2.45, 2.75) is 63.8 Å². The van der Waals surface area contributed by atoms with Crippen LogP contribution in [-0.4, -0.2) is 36.0 Å². The summed E-state index contributed by atoms with van der Waals surface area (Å²) in [5.41, 5.74) is 1.14. The predicted molar refractivity (Wildman–Crippen MR) is 71.6 cm³/mol. The summed E-state index contributed by atoms with van der Waals surface area (Å²) in [6.07, 6.45) is 5.47. The van der Waals surface area contributed by atoms with Crippen LogP contribution in [0.15, 0.2) is 12.2 Å². The van der Waals surface area contributed by atoms with Gasteiger partial charge in [0.1, 0.15) is 6.10 Å². The quantitative estimate of drug-likeness (QED) is 0.592. The van der Waals surface area contributed by atoms with Gasteiger partial charge < -0.3 is 14.6 Å². The fraction of sp³-hybridized carbons (Fsp3) is 0.800. The molecule has 0 spiro atoms. The largest absolute Gasteiger partial charge is 0.462 e. The van der Waals surface area contributed by atoms with Gasteiger partial charge in [-0.2, -0.15) is 0 Å². The minimum Gasteiger partial charge on any atom is -0.462 e. The first-order chi connectivity index (χ1) is 9.10. The number of ether oxygens (including phenoxy) is 2. The molecule has 0 aromatic rings. The zero-order chi connectivity index (χ0) is 13.8. The molecule has 2 fully saturated rings. The van der Waals surface area contributed by atoms with Gasteiger partial charge >= 0.3 is 5.97 Å². The van der Waals surface area contributed by atoms with Gasteiger partial charge in [-0.05, 0) is 44.1 Å². The van der Waals surface area contributed by atoms with Crippen molar-refractivity contribution in [3.05, 3.63) is 12.2 Å². The van der Waals surface area contributed by atoms with Gasteiger partial charge in [0.25, 0.3) is 0 Å². The van der Waals surface area contributed by atoms with Crippen molar-refractivity contribution in [1.29, 1.82) is 0 Å². The number of aliphatic hydroxyl groups excluding tert-OH is 1. The maximum atomic E-state index is 11.3. The van der Waals surface area contributed by atoms with Crippen LogP contribution < -0.4 is 0 Å². The van der Waals surface area contributed by atoms with Crippen molar-refractivity contribution in [1.82, 2.24) is 0 Å². The minimum atomic E-state index is -0.0722. The SMILES string of the molecule is C=C1C[C@H](CCCO)O[C@H]1CC[C@@H]1C[C@@H](C)C(=O)O1. The fourth-order valence-corrected chi connectivity index (χ4v) is 2.89. The number of hydrogen-bond donors (Lipinski definition) is 1. The summed E-state index contributed by atoms with van der Waals surface area (Å²) in [6, 6.07) is 0. The normalized spacial score (nSPS) is 34.8. The predicted octanol–water partition coefficient (Wildman–Crippen LogP) is 2.20. The summed E-state index contributed by atoms with van der Waals surface area (Å²) in [5, 5.41) is 8.83. The van der Waals surface area contributed by atoms with Crippen LogP contribution in [0.2, 0.25) is 0 Å². The molecule has 2 heterocycles. The van der Waals surface area contributed by atoms with Crippen molar-refractivity contribution >= 4 is 5.97 Å². The number of carbonyl (C=O) groups is 1. The van der Waals surface area contributed by atoms with Crippen LogP contribution in [-0.2, 0) is 14.3 Å². The molecular weight excluding hydrogens is 244 g/mol. The van der Waals surface area contributed by atoms with E-state index < -0.39 is 0 Å². The second kappa shape index (κ2) is 6.53. The molecule has 2 saturated heterocycles. The van der Waals surface area contributed by atoms with E-state index in [1.165, 1.54) is 0 Å². The summed E-state index contributed by atoms with van der Waals surface area (Å²) in [5.74, 6) is -0.0352. The molecule has 0 saturated carbocycles. The molecule has 0 unspecified atom stereocenters. The van der Waals surface area contributed by atoms with E-state index in [1.807, 2.05) is 6.92 Å². The number of rotatable bonds is 6. The Morgan fingerprint density at radius 3 is 2.74 bits per heavy atom. The molecule has 2 aliphatic heterocycles. The summed E-state index contributed by atoms with van der Waals surface area (Å²) in [6.45, 7) is 6.20. The third kappa shape index (κ3) is 3.80. The van der Waals surface area contributed by atoms with Crippen LogP contribution in [0.25, 0.3) is 0 Å². The Hall–Kier alpha value is -0.870. The Labute approximate surface area is 114 Å². The molecular formula is C15H24O4. The molecule has 0 aromatic heterocycles. The van der Waals surface area contributed by atoms with Crippen LogP contribution in [0.5, 0.6) is 0 Å². The third-order valence-corrected chi connectivity index (χ3v) is 4.04. The van der Waals surface area contributed by atoms with Crippen molar-refractivity contribution < 1.29 is 19.4 Å². The lowest BCUT2D eigenvalue weighted by molar-refractivity contribution is -0.144. The number of cyclic esters (lactones) is 1. The van der Waals surface area contributed by atoms with E-state index in [4.69, 9.17) is 14.6 Å². The van der Waals surface area contributed by atoms with Crippen molar-refractivity contribution in [2.24, 2.45) is 5.92 Å². The molecule has 4 nitrogen and oxygen atoms in total. The molecule has 1 N–H and O–H groups in total. The maximum Gasteiger partial charge on any atom is 0.309 e. The van der Waals surface area contributed by atoms with E-state index in [-0.39, 0.29) is 36.8 Å². The Kier molecular flexibility index (Phi) is 4.99. The van der Waals surface area contributed by atoms with Crippen LogP contribution in [0.3, 0.4) is 0 Å². The first-order valence-corrected chi connectivity index (χ1v) is 7.24. The lowest BCUT2D eigenvalue weighted by atomic mass is 9.99. The molecule has 2 aliphatic rings.